The first-order valence-electron chi connectivity index (χ1n) is 8.81. The Morgan fingerprint density at radius 3 is 2.15 bits per heavy atom. The Morgan fingerprint density at radius 2 is 1.55 bits per heavy atom. The predicted molar refractivity (Wildman–Crippen MR) is 84.7 cm³/mol. The van der Waals surface area contributed by atoms with Crippen LogP contribution in [0.25, 0.3) is 0 Å². The maximum Gasteiger partial charge on any atom is 0.0728 e. The average molecular weight is 282 g/mol. The van der Waals surface area contributed by atoms with Gasteiger partial charge in [-0.1, -0.05) is 39.0 Å². The monoisotopic (exact) mass is 282 g/mol. The van der Waals surface area contributed by atoms with Crippen molar-refractivity contribution in [1.82, 2.24) is 4.90 Å². The molecule has 0 aromatic heterocycles. The van der Waals surface area contributed by atoms with Crippen molar-refractivity contribution >= 4 is 0 Å². The number of rotatable bonds is 3. The Bertz CT molecular complexity index is 287. The van der Waals surface area contributed by atoms with Gasteiger partial charge < -0.3 is 15.7 Å². The van der Waals surface area contributed by atoms with E-state index in [1.54, 1.807) is 0 Å². The number of likely N-dealkylation sites (tertiary alicyclic amines) is 1. The molecule has 1 heterocycles. The number of hydrogen-bond acceptors (Lipinski definition) is 3. The summed E-state index contributed by atoms with van der Waals surface area (Å²) in [7, 11) is 0. The molecule has 0 amide bonds. The standard InChI is InChI=1S/C17H34N2O/c1-2-19-13-8-11-17(20,12-14-19)16(15-18)9-6-4-3-5-7-10-16/h20H,2-15,18H2,1H3. The molecule has 0 aromatic carbocycles. The molecule has 20 heavy (non-hydrogen) atoms. The molecule has 1 aliphatic heterocycles. The first-order valence-corrected chi connectivity index (χ1v) is 8.81. The van der Waals surface area contributed by atoms with Crippen LogP contribution in [0.1, 0.15) is 71.1 Å². The maximum absolute atomic E-state index is 11.4. The second-order valence-corrected chi connectivity index (χ2v) is 7.07. The number of aliphatic hydroxyl groups is 1. The van der Waals surface area contributed by atoms with Gasteiger partial charge in [0, 0.05) is 18.5 Å². The Morgan fingerprint density at radius 1 is 0.900 bits per heavy atom. The van der Waals surface area contributed by atoms with E-state index < -0.39 is 5.60 Å². The van der Waals surface area contributed by atoms with Crippen LogP contribution in [0.15, 0.2) is 0 Å². The van der Waals surface area contributed by atoms with E-state index in [0.717, 1.165) is 51.7 Å². The minimum absolute atomic E-state index is 0.0167. The van der Waals surface area contributed by atoms with Crippen molar-refractivity contribution in [3.8, 4) is 0 Å². The molecule has 2 rings (SSSR count). The Hall–Kier alpha value is -0.120. The highest BCUT2D eigenvalue weighted by Crippen LogP contribution is 2.47. The zero-order valence-electron chi connectivity index (χ0n) is 13.4. The van der Waals surface area contributed by atoms with Gasteiger partial charge in [0.2, 0.25) is 0 Å². The van der Waals surface area contributed by atoms with Crippen molar-refractivity contribution < 1.29 is 5.11 Å². The van der Waals surface area contributed by atoms with Gasteiger partial charge >= 0.3 is 0 Å². The third kappa shape index (κ3) is 3.37. The zero-order valence-corrected chi connectivity index (χ0v) is 13.4. The summed E-state index contributed by atoms with van der Waals surface area (Å²) in [6, 6.07) is 0. The maximum atomic E-state index is 11.4. The van der Waals surface area contributed by atoms with Crippen molar-refractivity contribution in [2.24, 2.45) is 11.1 Å². The number of hydrogen-bond donors (Lipinski definition) is 2. The van der Waals surface area contributed by atoms with E-state index in [2.05, 4.69) is 11.8 Å². The molecule has 118 valence electrons. The molecule has 1 saturated carbocycles. The van der Waals surface area contributed by atoms with Crippen molar-refractivity contribution in [3.05, 3.63) is 0 Å². The van der Waals surface area contributed by atoms with Gasteiger partial charge in [0.15, 0.2) is 0 Å². The first-order chi connectivity index (χ1) is 9.66. The highest BCUT2D eigenvalue weighted by atomic mass is 16.3. The lowest BCUT2D eigenvalue weighted by Gasteiger charge is -2.48. The topological polar surface area (TPSA) is 49.5 Å². The van der Waals surface area contributed by atoms with Gasteiger partial charge in [0.25, 0.3) is 0 Å². The van der Waals surface area contributed by atoms with Crippen LogP contribution in [0, 0.1) is 5.41 Å². The molecular formula is C17H34N2O. The van der Waals surface area contributed by atoms with Crippen LogP contribution in [0.2, 0.25) is 0 Å². The van der Waals surface area contributed by atoms with E-state index in [9.17, 15) is 5.11 Å². The highest BCUT2D eigenvalue weighted by molar-refractivity contribution is 5.01. The van der Waals surface area contributed by atoms with Crippen LogP contribution >= 0.6 is 0 Å². The molecule has 1 atom stereocenters. The Kier molecular flexibility index (Phi) is 5.88. The Balaban J connectivity index is 2.13. The fraction of sp³-hybridized carbons (Fsp3) is 1.00. The van der Waals surface area contributed by atoms with Crippen molar-refractivity contribution in [2.45, 2.75) is 76.7 Å². The fourth-order valence-corrected chi connectivity index (χ4v) is 4.46. The van der Waals surface area contributed by atoms with Crippen LogP contribution in [-0.2, 0) is 0 Å². The molecule has 0 bridgehead atoms. The van der Waals surface area contributed by atoms with Gasteiger partial charge in [-0.25, -0.2) is 0 Å². The molecular weight excluding hydrogens is 248 g/mol. The second-order valence-electron chi connectivity index (χ2n) is 7.07. The van der Waals surface area contributed by atoms with E-state index in [1.165, 1.54) is 32.1 Å². The molecule has 0 radical (unpaired) electrons. The molecule has 2 fully saturated rings. The zero-order chi connectivity index (χ0) is 14.5. The van der Waals surface area contributed by atoms with E-state index >= 15 is 0 Å². The lowest BCUT2D eigenvalue weighted by atomic mass is 9.62. The van der Waals surface area contributed by atoms with Gasteiger partial charge in [-0.2, -0.15) is 0 Å². The van der Waals surface area contributed by atoms with E-state index in [0.29, 0.717) is 6.54 Å². The van der Waals surface area contributed by atoms with E-state index in [1.807, 2.05) is 0 Å². The molecule has 0 spiro atoms. The molecule has 0 aromatic rings. The SMILES string of the molecule is CCN1CCCC(O)(C2(CN)CCCCCCC2)CC1. The van der Waals surface area contributed by atoms with Gasteiger partial charge in [0.1, 0.15) is 0 Å². The largest absolute Gasteiger partial charge is 0.389 e. The lowest BCUT2D eigenvalue weighted by molar-refractivity contribution is -0.103. The van der Waals surface area contributed by atoms with Gasteiger partial charge in [0.05, 0.1) is 5.60 Å². The third-order valence-electron chi connectivity index (χ3n) is 6.04. The minimum Gasteiger partial charge on any atom is -0.389 e. The predicted octanol–water partition coefficient (Wildman–Crippen LogP) is 2.91. The second kappa shape index (κ2) is 7.24. The molecule has 1 unspecified atom stereocenters. The average Bonchev–Trinajstić information content (AvgIpc) is 2.62. The Labute approximate surface area is 124 Å². The summed E-state index contributed by atoms with van der Waals surface area (Å²) in [5.74, 6) is 0. The highest BCUT2D eigenvalue weighted by Gasteiger charge is 2.48. The summed E-state index contributed by atoms with van der Waals surface area (Å²) in [4.78, 5) is 2.48. The normalized spacial score (nSPS) is 33.1. The van der Waals surface area contributed by atoms with E-state index in [-0.39, 0.29) is 5.41 Å². The van der Waals surface area contributed by atoms with E-state index in [4.69, 9.17) is 5.73 Å². The number of nitrogens with zero attached hydrogens (tertiary/aromatic N) is 1. The lowest BCUT2D eigenvalue weighted by Crippen LogP contribution is -2.53. The smallest absolute Gasteiger partial charge is 0.0728 e. The van der Waals surface area contributed by atoms with Gasteiger partial charge in [-0.05, 0) is 45.2 Å². The van der Waals surface area contributed by atoms with Crippen molar-refractivity contribution in [2.75, 3.05) is 26.2 Å². The summed E-state index contributed by atoms with van der Waals surface area (Å²) in [6.07, 6.45) is 11.7. The summed E-state index contributed by atoms with van der Waals surface area (Å²) in [6.45, 7) is 6.16. The molecule has 3 nitrogen and oxygen atoms in total. The fourth-order valence-electron chi connectivity index (χ4n) is 4.46. The van der Waals surface area contributed by atoms with Crippen molar-refractivity contribution in [3.63, 3.8) is 0 Å². The molecule has 2 aliphatic rings. The minimum atomic E-state index is -0.525. The van der Waals surface area contributed by atoms with Crippen molar-refractivity contribution in [1.29, 1.82) is 0 Å². The van der Waals surface area contributed by atoms with Crippen LogP contribution in [0.5, 0.6) is 0 Å². The summed E-state index contributed by atoms with van der Waals surface area (Å²) in [5.41, 5.74) is 5.68. The quantitative estimate of drug-likeness (QED) is 0.837. The molecule has 3 N–H and O–H groups in total. The van der Waals surface area contributed by atoms with Crippen LogP contribution in [0.4, 0.5) is 0 Å². The molecule has 1 saturated heterocycles. The summed E-state index contributed by atoms with van der Waals surface area (Å²) in [5, 5.41) is 11.4. The first kappa shape index (κ1) is 16.3. The van der Waals surface area contributed by atoms with Crippen LogP contribution in [-0.4, -0.2) is 41.8 Å². The summed E-state index contributed by atoms with van der Waals surface area (Å²) >= 11 is 0. The van der Waals surface area contributed by atoms with Crippen LogP contribution in [0.3, 0.4) is 0 Å². The molecule has 1 aliphatic carbocycles. The summed E-state index contributed by atoms with van der Waals surface area (Å²) < 4.78 is 0. The third-order valence-corrected chi connectivity index (χ3v) is 6.04. The van der Waals surface area contributed by atoms with Crippen LogP contribution < -0.4 is 5.73 Å². The van der Waals surface area contributed by atoms with Gasteiger partial charge in [-0.3, -0.25) is 0 Å². The van der Waals surface area contributed by atoms with Gasteiger partial charge in [-0.15, -0.1) is 0 Å². The number of nitrogens with two attached hydrogens (primary N) is 1. The molecule has 3 heteroatoms.